The van der Waals surface area contributed by atoms with Crippen molar-refractivity contribution in [2.75, 3.05) is 35.6 Å². The molecule has 2 aromatic carbocycles. The normalized spacial score (nSPS) is 13.1. The maximum absolute atomic E-state index is 12.3. The minimum Gasteiger partial charge on any atom is -0.486 e. The summed E-state index contributed by atoms with van der Waals surface area (Å²) in [5.41, 5.74) is 3.22. The first kappa shape index (κ1) is 21.0. The van der Waals surface area contributed by atoms with Crippen molar-refractivity contribution in [3.63, 3.8) is 0 Å². The SMILES string of the molecule is Cc1cc(C)cc(N(CCCC(=O)Nc2ccc3c(c2)OCCO3)S(C)(=O)=O)c1. The molecule has 1 aliphatic rings. The zero-order valence-electron chi connectivity index (χ0n) is 16.9. The number of nitrogens with one attached hydrogen (secondary N) is 1. The van der Waals surface area contributed by atoms with Gasteiger partial charge in [0.05, 0.1) is 11.9 Å². The van der Waals surface area contributed by atoms with Crippen molar-refractivity contribution in [3.05, 3.63) is 47.5 Å². The summed E-state index contributed by atoms with van der Waals surface area (Å²) in [7, 11) is -3.45. The molecule has 0 saturated carbocycles. The molecule has 0 saturated heterocycles. The van der Waals surface area contributed by atoms with Gasteiger partial charge < -0.3 is 14.8 Å². The summed E-state index contributed by atoms with van der Waals surface area (Å²) in [6, 6.07) is 10.9. The van der Waals surface area contributed by atoms with Crippen LogP contribution < -0.4 is 19.1 Å². The Morgan fingerprint density at radius 1 is 1.03 bits per heavy atom. The Bertz CT molecular complexity index is 984. The van der Waals surface area contributed by atoms with Crippen molar-refractivity contribution in [2.45, 2.75) is 26.7 Å². The van der Waals surface area contributed by atoms with Crippen LogP contribution in [0.1, 0.15) is 24.0 Å². The molecule has 0 atom stereocenters. The molecule has 0 unspecified atom stereocenters. The summed E-state index contributed by atoms with van der Waals surface area (Å²) < 4.78 is 36.8. The summed E-state index contributed by atoms with van der Waals surface area (Å²) in [5, 5.41) is 2.82. The molecule has 8 heteroatoms. The molecular weight excluding hydrogens is 392 g/mol. The summed E-state index contributed by atoms with van der Waals surface area (Å²) in [6.45, 7) is 5.08. The number of hydrogen-bond donors (Lipinski definition) is 1. The highest BCUT2D eigenvalue weighted by molar-refractivity contribution is 7.92. The van der Waals surface area contributed by atoms with E-state index in [4.69, 9.17) is 9.47 Å². The molecule has 29 heavy (non-hydrogen) atoms. The van der Waals surface area contributed by atoms with Gasteiger partial charge in [0.2, 0.25) is 15.9 Å². The van der Waals surface area contributed by atoms with Crippen molar-refractivity contribution >= 4 is 27.3 Å². The number of aryl methyl sites for hydroxylation is 2. The first-order valence-electron chi connectivity index (χ1n) is 9.48. The fraction of sp³-hybridized carbons (Fsp3) is 0.381. The van der Waals surface area contributed by atoms with Crippen LogP contribution in [0.15, 0.2) is 36.4 Å². The standard InChI is InChI=1S/C21H26N2O5S/c1-15-11-16(2)13-18(12-15)23(29(3,25)26)8-4-5-21(24)22-17-6-7-19-20(14-17)28-10-9-27-19/h6-7,11-14H,4-5,8-10H2,1-3H3,(H,22,24). The molecular formula is C21H26N2O5S. The van der Waals surface area contributed by atoms with Crippen LogP contribution >= 0.6 is 0 Å². The fourth-order valence-corrected chi connectivity index (χ4v) is 4.26. The van der Waals surface area contributed by atoms with Gasteiger partial charge in [-0.25, -0.2) is 8.42 Å². The molecule has 1 amide bonds. The summed E-state index contributed by atoms with van der Waals surface area (Å²) in [6.07, 6.45) is 1.78. The molecule has 0 fully saturated rings. The third kappa shape index (κ3) is 5.63. The van der Waals surface area contributed by atoms with Gasteiger partial charge in [0.15, 0.2) is 11.5 Å². The van der Waals surface area contributed by atoms with E-state index in [0.717, 1.165) is 11.1 Å². The zero-order chi connectivity index (χ0) is 21.0. The van der Waals surface area contributed by atoms with Gasteiger partial charge in [0.1, 0.15) is 13.2 Å². The van der Waals surface area contributed by atoms with Crippen molar-refractivity contribution in [3.8, 4) is 11.5 Å². The molecule has 1 aliphatic heterocycles. The zero-order valence-corrected chi connectivity index (χ0v) is 17.7. The van der Waals surface area contributed by atoms with Crippen LogP contribution in [0, 0.1) is 13.8 Å². The van der Waals surface area contributed by atoms with Gasteiger partial charge in [0, 0.05) is 24.7 Å². The van der Waals surface area contributed by atoms with Gasteiger partial charge in [-0.15, -0.1) is 0 Å². The van der Waals surface area contributed by atoms with E-state index in [2.05, 4.69) is 5.32 Å². The minimum absolute atomic E-state index is 0.185. The fourth-order valence-electron chi connectivity index (χ4n) is 3.31. The first-order valence-corrected chi connectivity index (χ1v) is 11.3. The summed E-state index contributed by atoms with van der Waals surface area (Å²) in [4.78, 5) is 12.3. The number of amides is 1. The number of anilines is 2. The van der Waals surface area contributed by atoms with E-state index in [9.17, 15) is 13.2 Å². The molecule has 0 aliphatic carbocycles. The van der Waals surface area contributed by atoms with Crippen molar-refractivity contribution in [1.82, 2.24) is 0 Å². The molecule has 0 bridgehead atoms. The highest BCUT2D eigenvalue weighted by Crippen LogP contribution is 2.32. The van der Waals surface area contributed by atoms with Gasteiger partial charge in [-0.1, -0.05) is 6.07 Å². The van der Waals surface area contributed by atoms with Gasteiger partial charge in [0.25, 0.3) is 0 Å². The number of ether oxygens (including phenoxy) is 2. The van der Waals surface area contributed by atoms with Crippen LogP contribution in [-0.4, -0.2) is 40.3 Å². The van der Waals surface area contributed by atoms with Crippen molar-refractivity contribution in [1.29, 1.82) is 0 Å². The molecule has 1 N–H and O–H groups in total. The Kier molecular flexibility index (Phi) is 6.32. The second kappa shape index (κ2) is 8.73. The highest BCUT2D eigenvalue weighted by atomic mass is 32.2. The Morgan fingerprint density at radius 2 is 1.69 bits per heavy atom. The number of carbonyl (C=O) groups excluding carboxylic acids is 1. The van der Waals surface area contributed by atoms with E-state index in [1.54, 1.807) is 18.2 Å². The van der Waals surface area contributed by atoms with Gasteiger partial charge in [-0.3, -0.25) is 9.10 Å². The maximum Gasteiger partial charge on any atom is 0.232 e. The number of sulfonamides is 1. The Hall–Kier alpha value is -2.74. The smallest absolute Gasteiger partial charge is 0.232 e. The minimum atomic E-state index is -3.45. The molecule has 156 valence electrons. The molecule has 0 spiro atoms. The predicted molar refractivity (Wildman–Crippen MR) is 113 cm³/mol. The second-order valence-corrected chi connectivity index (χ2v) is 9.10. The summed E-state index contributed by atoms with van der Waals surface area (Å²) >= 11 is 0. The predicted octanol–water partition coefficient (Wildman–Crippen LogP) is 3.26. The number of carbonyl (C=O) groups is 1. The Labute approximate surface area is 171 Å². The van der Waals surface area contributed by atoms with E-state index in [1.165, 1.54) is 10.6 Å². The topological polar surface area (TPSA) is 84.9 Å². The number of benzene rings is 2. The van der Waals surface area contributed by atoms with E-state index < -0.39 is 10.0 Å². The average Bonchev–Trinajstić information content (AvgIpc) is 2.63. The maximum atomic E-state index is 12.3. The average molecular weight is 419 g/mol. The van der Waals surface area contributed by atoms with E-state index in [1.807, 2.05) is 32.0 Å². The van der Waals surface area contributed by atoms with Gasteiger partial charge >= 0.3 is 0 Å². The van der Waals surface area contributed by atoms with Crippen LogP contribution in [0.5, 0.6) is 11.5 Å². The van der Waals surface area contributed by atoms with E-state index in [0.29, 0.717) is 42.5 Å². The van der Waals surface area contributed by atoms with Crippen LogP contribution in [-0.2, 0) is 14.8 Å². The molecule has 2 aromatic rings. The number of nitrogens with zero attached hydrogens (tertiary/aromatic N) is 1. The molecule has 7 nitrogen and oxygen atoms in total. The van der Waals surface area contributed by atoms with Crippen molar-refractivity contribution in [2.24, 2.45) is 0 Å². The van der Waals surface area contributed by atoms with Gasteiger partial charge in [-0.2, -0.15) is 0 Å². The quantitative estimate of drug-likeness (QED) is 0.746. The molecule has 3 rings (SSSR count). The highest BCUT2D eigenvalue weighted by Gasteiger charge is 2.18. The lowest BCUT2D eigenvalue weighted by Gasteiger charge is -2.23. The Balaban J connectivity index is 1.60. The molecule has 1 heterocycles. The number of hydrogen-bond acceptors (Lipinski definition) is 5. The van der Waals surface area contributed by atoms with Crippen LogP contribution in [0.4, 0.5) is 11.4 Å². The Morgan fingerprint density at radius 3 is 2.34 bits per heavy atom. The van der Waals surface area contributed by atoms with Crippen LogP contribution in [0.2, 0.25) is 0 Å². The lowest BCUT2D eigenvalue weighted by Crippen LogP contribution is -2.31. The van der Waals surface area contributed by atoms with E-state index in [-0.39, 0.29) is 18.9 Å². The van der Waals surface area contributed by atoms with Gasteiger partial charge in [-0.05, 0) is 55.7 Å². The second-order valence-electron chi connectivity index (χ2n) is 7.19. The lowest BCUT2D eigenvalue weighted by atomic mass is 10.1. The van der Waals surface area contributed by atoms with Crippen LogP contribution in [0.25, 0.3) is 0 Å². The first-order chi connectivity index (χ1) is 13.7. The molecule has 0 aromatic heterocycles. The number of fused-ring (bicyclic) bond motifs is 1. The number of rotatable bonds is 7. The lowest BCUT2D eigenvalue weighted by molar-refractivity contribution is -0.116. The monoisotopic (exact) mass is 418 g/mol. The third-order valence-electron chi connectivity index (χ3n) is 4.49. The summed E-state index contributed by atoms with van der Waals surface area (Å²) in [5.74, 6) is 1.08. The largest absolute Gasteiger partial charge is 0.486 e. The van der Waals surface area contributed by atoms with Crippen LogP contribution in [0.3, 0.4) is 0 Å². The molecule has 0 radical (unpaired) electrons. The van der Waals surface area contributed by atoms with E-state index >= 15 is 0 Å². The third-order valence-corrected chi connectivity index (χ3v) is 5.68. The van der Waals surface area contributed by atoms with Crippen molar-refractivity contribution < 1.29 is 22.7 Å².